The molecule has 1 aromatic rings. The number of aliphatic hydroxyl groups excluding tert-OH is 2. The second-order valence-corrected chi connectivity index (χ2v) is 4.78. The third kappa shape index (κ3) is 9.79. The Morgan fingerprint density at radius 2 is 2.00 bits per heavy atom. The summed E-state index contributed by atoms with van der Waals surface area (Å²) in [5, 5.41) is 29.5. The number of nitro benzene ring substituents is 1. The number of nitrogens with zero attached hydrogens (tertiary/aromatic N) is 1. The van der Waals surface area contributed by atoms with Crippen molar-refractivity contribution in [1.82, 2.24) is 0 Å². The standard InChI is InChI=1S/C10H12NO4S2.CO2.K/c12-8(5-16)9(13)6-17-10-4-2-1-3-7(10)11(14)15;2-1-3;/h1-2,4,8-9,12-13,16H,5-6H2;;/q-1;;+1. The zero-order valence-electron chi connectivity index (χ0n) is 11.1. The van der Waals surface area contributed by atoms with Gasteiger partial charge in [-0.3, -0.25) is 10.1 Å². The molecule has 0 aliphatic heterocycles. The maximum absolute atomic E-state index is 10.7. The molecule has 0 aliphatic carbocycles. The molecule has 0 aliphatic rings. The Kier molecular flexibility index (Phi) is 15.6. The number of aliphatic hydroxyl groups is 2. The summed E-state index contributed by atoms with van der Waals surface area (Å²) in [5.74, 6) is 0.311. The van der Waals surface area contributed by atoms with Crippen LogP contribution in [0.4, 0.5) is 5.69 Å². The van der Waals surface area contributed by atoms with Gasteiger partial charge in [-0.2, -0.15) is 52.2 Å². The molecule has 2 unspecified atom stereocenters. The molecule has 10 heteroatoms. The molecule has 0 amide bonds. The molecular formula is C11H12KNO6S2. The van der Waals surface area contributed by atoms with E-state index in [-0.39, 0.29) is 74.7 Å². The van der Waals surface area contributed by atoms with Crippen molar-refractivity contribution in [2.45, 2.75) is 17.1 Å². The van der Waals surface area contributed by atoms with Crippen LogP contribution >= 0.6 is 24.4 Å². The Morgan fingerprint density at radius 3 is 2.48 bits per heavy atom. The minimum absolute atomic E-state index is 0. The van der Waals surface area contributed by atoms with Gasteiger partial charge in [0.25, 0.3) is 0 Å². The number of carbonyl (C=O) groups excluding carboxylic acids is 2. The normalized spacial score (nSPS) is 12.0. The molecule has 0 radical (unpaired) electrons. The zero-order valence-corrected chi connectivity index (χ0v) is 16.0. The van der Waals surface area contributed by atoms with E-state index in [1.807, 2.05) is 0 Å². The van der Waals surface area contributed by atoms with Crippen LogP contribution in [0.25, 0.3) is 0 Å². The summed E-state index contributed by atoms with van der Waals surface area (Å²) in [6.07, 6.45) is -1.64. The van der Waals surface area contributed by atoms with Crippen molar-refractivity contribution in [2.24, 2.45) is 0 Å². The fourth-order valence-electron chi connectivity index (χ4n) is 1.08. The van der Waals surface area contributed by atoms with Gasteiger partial charge >= 0.3 is 57.5 Å². The van der Waals surface area contributed by atoms with E-state index >= 15 is 0 Å². The molecule has 7 nitrogen and oxygen atoms in total. The average Bonchev–Trinajstić information content (AvgIpc) is 2.44. The predicted octanol–water partition coefficient (Wildman–Crippen LogP) is -2.44. The fraction of sp³-hybridized carbons (Fsp3) is 0.364. The molecule has 0 saturated carbocycles. The maximum atomic E-state index is 10.7. The van der Waals surface area contributed by atoms with Crippen molar-refractivity contribution in [1.29, 1.82) is 0 Å². The number of thiol groups is 1. The van der Waals surface area contributed by atoms with Gasteiger partial charge in [0.15, 0.2) is 5.69 Å². The van der Waals surface area contributed by atoms with Gasteiger partial charge < -0.3 is 10.2 Å². The Labute approximate surface area is 173 Å². The summed E-state index contributed by atoms with van der Waals surface area (Å²) in [6.45, 7) is 0. The summed E-state index contributed by atoms with van der Waals surface area (Å²) in [4.78, 5) is 26.8. The van der Waals surface area contributed by atoms with Crippen molar-refractivity contribution in [3.63, 3.8) is 0 Å². The van der Waals surface area contributed by atoms with Gasteiger partial charge in [0, 0.05) is 16.4 Å². The van der Waals surface area contributed by atoms with E-state index in [1.165, 1.54) is 6.07 Å². The van der Waals surface area contributed by atoms with Gasteiger partial charge in [-0.05, 0) is 4.90 Å². The number of thioether (sulfide) groups is 1. The Bertz CT molecular complexity index is 470. The van der Waals surface area contributed by atoms with Gasteiger partial charge in [0.2, 0.25) is 0 Å². The van der Waals surface area contributed by atoms with E-state index in [2.05, 4.69) is 18.7 Å². The summed E-state index contributed by atoms with van der Waals surface area (Å²) in [5.41, 5.74) is -0.120. The Balaban J connectivity index is 0. The van der Waals surface area contributed by atoms with Crippen molar-refractivity contribution >= 4 is 36.2 Å². The summed E-state index contributed by atoms with van der Waals surface area (Å²) >= 11 is 4.96. The first-order chi connectivity index (χ1) is 9.47. The topological polar surface area (TPSA) is 118 Å². The SMILES string of the molecule is O=C=O.O=[N+]([O-])c1[c-]cccc1SCC(O)C(O)CS.[K+]. The molecule has 0 bridgehead atoms. The smallest absolute Gasteiger partial charge is 0.390 e. The van der Waals surface area contributed by atoms with Crippen LogP contribution in [0, 0.1) is 16.2 Å². The molecule has 21 heavy (non-hydrogen) atoms. The number of para-hydroxylation sites is 1. The molecule has 0 spiro atoms. The van der Waals surface area contributed by atoms with E-state index in [9.17, 15) is 20.3 Å². The molecule has 1 aromatic carbocycles. The van der Waals surface area contributed by atoms with Gasteiger partial charge in [-0.25, -0.2) is 0 Å². The summed E-state index contributed by atoms with van der Waals surface area (Å²) in [6, 6.07) is 7.20. The average molecular weight is 357 g/mol. The molecule has 2 atom stereocenters. The fourth-order valence-corrected chi connectivity index (χ4v) is 2.34. The number of hydrogen-bond acceptors (Lipinski definition) is 8. The molecule has 0 saturated heterocycles. The number of rotatable bonds is 6. The Hall–Kier alpha value is 0.256. The van der Waals surface area contributed by atoms with Crippen LogP contribution in [-0.4, -0.2) is 45.0 Å². The predicted molar refractivity (Wildman–Crippen MR) is 73.5 cm³/mol. The van der Waals surface area contributed by atoms with Gasteiger partial charge in [-0.15, -0.1) is 0 Å². The first-order valence-electron chi connectivity index (χ1n) is 5.22. The first kappa shape index (κ1) is 23.5. The van der Waals surface area contributed by atoms with Crippen molar-refractivity contribution in [3.8, 4) is 0 Å². The van der Waals surface area contributed by atoms with Crippen LogP contribution in [0.3, 0.4) is 0 Å². The van der Waals surface area contributed by atoms with E-state index in [0.29, 0.717) is 4.90 Å². The second-order valence-electron chi connectivity index (χ2n) is 3.35. The van der Waals surface area contributed by atoms with Crippen molar-refractivity contribution in [3.05, 3.63) is 34.4 Å². The minimum atomic E-state index is -0.961. The van der Waals surface area contributed by atoms with Crippen LogP contribution in [0.1, 0.15) is 0 Å². The zero-order chi connectivity index (χ0) is 15.5. The van der Waals surface area contributed by atoms with Crippen LogP contribution < -0.4 is 51.4 Å². The van der Waals surface area contributed by atoms with Crippen LogP contribution in [0.5, 0.6) is 0 Å². The summed E-state index contributed by atoms with van der Waals surface area (Å²) in [7, 11) is 0. The third-order valence-electron chi connectivity index (χ3n) is 2.02. The van der Waals surface area contributed by atoms with E-state index in [1.54, 1.807) is 12.1 Å². The van der Waals surface area contributed by atoms with Gasteiger partial charge in [0.05, 0.1) is 12.2 Å². The van der Waals surface area contributed by atoms with E-state index < -0.39 is 17.1 Å². The largest absolute Gasteiger partial charge is 1.00 e. The monoisotopic (exact) mass is 357 g/mol. The van der Waals surface area contributed by atoms with Gasteiger partial charge in [0.1, 0.15) is 0 Å². The molecule has 110 valence electrons. The Morgan fingerprint density at radius 1 is 1.43 bits per heavy atom. The number of nitro groups is 1. The summed E-state index contributed by atoms with van der Waals surface area (Å²) < 4.78 is 0. The second kappa shape index (κ2) is 13.9. The van der Waals surface area contributed by atoms with Crippen LogP contribution in [0.2, 0.25) is 0 Å². The maximum Gasteiger partial charge on any atom is 1.00 e. The van der Waals surface area contributed by atoms with Crippen molar-refractivity contribution in [2.75, 3.05) is 11.5 Å². The number of benzene rings is 1. The van der Waals surface area contributed by atoms with E-state index in [0.717, 1.165) is 11.8 Å². The van der Waals surface area contributed by atoms with Crippen LogP contribution in [0.15, 0.2) is 23.1 Å². The molecular weight excluding hydrogens is 345 g/mol. The molecule has 0 aromatic heterocycles. The quantitative estimate of drug-likeness (QED) is 0.129. The van der Waals surface area contributed by atoms with E-state index in [4.69, 9.17) is 9.59 Å². The molecule has 0 heterocycles. The first-order valence-corrected chi connectivity index (χ1v) is 6.83. The number of hydrogen-bond donors (Lipinski definition) is 3. The molecule has 1 rings (SSSR count). The third-order valence-corrected chi connectivity index (χ3v) is 3.54. The molecule has 2 N–H and O–H groups in total. The minimum Gasteiger partial charge on any atom is -0.390 e. The molecule has 0 fully saturated rings. The van der Waals surface area contributed by atoms with Gasteiger partial charge in [-0.1, -0.05) is 6.07 Å². The van der Waals surface area contributed by atoms with Crippen LogP contribution in [-0.2, 0) is 9.59 Å². The van der Waals surface area contributed by atoms with Crippen molar-refractivity contribution < 1.29 is 76.1 Å².